The van der Waals surface area contributed by atoms with E-state index in [9.17, 15) is 4.79 Å². The second kappa shape index (κ2) is 15.1. The first-order valence-corrected chi connectivity index (χ1v) is 9.05. The van der Waals surface area contributed by atoms with Crippen LogP contribution in [0, 0.1) is 0 Å². The first-order chi connectivity index (χ1) is 10.6. The number of rotatable bonds is 14. The highest BCUT2D eigenvalue weighted by atomic mass is 16.5. The predicted octanol–water partition coefficient (Wildman–Crippen LogP) is 4.96. The zero-order valence-electron chi connectivity index (χ0n) is 15.3. The Labute approximate surface area is 138 Å². The van der Waals surface area contributed by atoms with E-state index in [0.29, 0.717) is 6.42 Å². The lowest BCUT2D eigenvalue weighted by molar-refractivity contribution is -0.148. The quantitative estimate of drug-likeness (QED) is 0.258. The summed E-state index contributed by atoms with van der Waals surface area (Å²) in [6, 6.07) is 0. The number of unbranched alkanes of at least 4 members (excludes halogenated alkanes) is 7. The van der Waals surface area contributed by atoms with Crippen LogP contribution in [0.5, 0.6) is 0 Å². The van der Waals surface area contributed by atoms with Gasteiger partial charge in [0.2, 0.25) is 0 Å². The van der Waals surface area contributed by atoms with Gasteiger partial charge in [0.25, 0.3) is 0 Å². The molecule has 0 spiro atoms. The number of hydrogen-bond donors (Lipinski definition) is 0. The molecule has 0 radical (unpaired) electrons. The van der Waals surface area contributed by atoms with Crippen molar-refractivity contribution < 1.29 is 9.53 Å². The highest BCUT2D eigenvalue weighted by Gasteiger charge is 2.09. The molecule has 1 unspecified atom stereocenters. The van der Waals surface area contributed by atoms with E-state index in [1.807, 2.05) is 25.9 Å². The molecule has 130 valence electrons. The van der Waals surface area contributed by atoms with Crippen molar-refractivity contribution in [1.29, 1.82) is 0 Å². The molecule has 0 amide bonds. The van der Waals surface area contributed by atoms with E-state index in [1.165, 1.54) is 44.9 Å². The van der Waals surface area contributed by atoms with E-state index in [1.54, 1.807) is 0 Å². The van der Waals surface area contributed by atoms with Crippen molar-refractivity contribution in [3.8, 4) is 0 Å². The molecule has 0 aliphatic heterocycles. The number of carbonyl (C=O) groups excluding carboxylic acids is 1. The monoisotopic (exact) mass is 311 g/mol. The molecule has 3 heteroatoms. The largest absolute Gasteiger partial charge is 0.461 e. The lowest BCUT2D eigenvalue weighted by Gasteiger charge is -2.17. The lowest BCUT2D eigenvalue weighted by Crippen LogP contribution is -2.27. The highest BCUT2D eigenvalue weighted by molar-refractivity contribution is 5.69. The molecule has 0 rings (SSSR count). The number of nitrogens with zero attached hydrogens (tertiary/aromatic N) is 1. The average molecular weight is 312 g/mol. The van der Waals surface area contributed by atoms with Gasteiger partial charge in [-0.3, -0.25) is 4.79 Å². The number of allylic oxidation sites excluding steroid dienone is 2. The van der Waals surface area contributed by atoms with Crippen molar-refractivity contribution in [2.45, 2.75) is 84.2 Å². The van der Waals surface area contributed by atoms with Crippen molar-refractivity contribution in [1.82, 2.24) is 4.90 Å². The van der Waals surface area contributed by atoms with Gasteiger partial charge >= 0.3 is 5.97 Å². The summed E-state index contributed by atoms with van der Waals surface area (Å²) in [6.45, 7) is 4.97. The van der Waals surface area contributed by atoms with Crippen LogP contribution in [-0.4, -0.2) is 37.6 Å². The van der Waals surface area contributed by atoms with E-state index in [4.69, 9.17) is 4.74 Å². The van der Waals surface area contributed by atoms with Crippen molar-refractivity contribution in [2.75, 3.05) is 20.6 Å². The fourth-order valence-electron chi connectivity index (χ4n) is 2.45. The normalized spacial score (nSPS) is 13.0. The van der Waals surface area contributed by atoms with Crippen LogP contribution in [0.3, 0.4) is 0 Å². The summed E-state index contributed by atoms with van der Waals surface area (Å²) in [5.74, 6) is -0.0480. The van der Waals surface area contributed by atoms with Crippen LogP contribution in [0.25, 0.3) is 0 Å². The minimum Gasteiger partial charge on any atom is -0.461 e. The van der Waals surface area contributed by atoms with Gasteiger partial charge in [-0.2, -0.15) is 0 Å². The van der Waals surface area contributed by atoms with Crippen molar-refractivity contribution in [2.24, 2.45) is 0 Å². The van der Waals surface area contributed by atoms with Crippen LogP contribution in [0.4, 0.5) is 0 Å². The molecule has 0 aliphatic carbocycles. The van der Waals surface area contributed by atoms with Gasteiger partial charge in [-0.05, 0) is 46.7 Å². The SMILES string of the molecule is CCCC/C=C\CCCCCCCC(=O)OC(C)CN(C)C. The van der Waals surface area contributed by atoms with Crippen LogP contribution in [0.15, 0.2) is 12.2 Å². The minimum atomic E-state index is -0.0480. The van der Waals surface area contributed by atoms with E-state index >= 15 is 0 Å². The Bertz CT molecular complexity index is 287. The third kappa shape index (κ3) is 15.6. The summed E-state index contributed by atoms with van der Waals surface area (Å²) in [6.07, 6.45) is 16.1. The number of hydrogen-bond acceptors (Lipinski definition) is 3. The summed E-state index contributed by atoms with van der Waals surface area (Å²) in [5, 5.41) is 0. The molecule has 0 aromatic carbocycles. The third-order valence-corrected chi connectivity index (χ3v) is 3.60. The van der Waals surface area contributed by atoms with E-state index in [2.05, 4.69) is 19.1 Å². The van der Waals surface area contributed by atoms with Gasteiger partial charge in [0.1, 0.15) is 6.10 Å². The Kier molecular flexibility index (Phi) is 14.5. The third-order valence-electron chi connectivity index (χ3n) is 3.60. The maximum Gasteiger partial charge on any atom is 0.306 e. The second-order valence-corrected chi connectivity index (χ2v) is 6.48. The summed E-state index contributed by atoms with van der Waals surface area (Å²) in [5.41, 5.74) is 0. The maximum atomic E-state index is 11.6. The van der Waals surface area contributed by atoms with Gasteiger partial charge in [-0.15, -0.1) is 0 Å². The fraction of sp³-hybridized carbons (Fsp3) is 0.842. The average Bonchev–Trinajstić information content (AvgIpc) is 2.43. The Hall–Kier alpha value is -0.830. The zero-order chi connectivity index (χ0) is 16.6. The Morgan fingerprint density at radius 2 is 1.59 bits per heavy atom. The van der Waals surface area contributed by atoms with E-state index in [0.717, 1.165) is 19.4 Å². The standard InChI is InChI=1S/C19H37NO2/c1-5-6-7-8-9-10-11-12-13-14-15-16-19(21)22-18(2)17-20(3)4/h8-9,18H,5-7,10-17H2,1-4H3/b9-8-. The van der Waals surface area contributed by atoms with Gasteiger partial charge in [-0.25, -0.2) is 0 Å². The van der Waals surface area contributed by atoms with Gasteiger partial charge < -0.3 is 9.64 Å². The Morgan fingerprint density at radius 1 is 1.00 bits per heavy atom. The fourth-order valence-corrected chi connectivity index (χ4v) is 2.45. The van der Waals surface area contributed by atoms with Crippen molar-refractivity contribution in [3.05, 3.63) is 12.2 Å². The highest BCUT2D eigenvalue weighted by Crippen LogP contribution is 2.09. The summed E-state index contributed by atoms with van der Waals surface area (Å²) < 4.78 is 5.36. The topological polar surface area (TPSA) is 29.5 Å². The number of esters is 1. The number of carbonyl (C=O) groups is 1. The van der Waals surface area contributed by atoms with Gasteiger partial charge in [0.05, 0.1) is 0 Å². The van der Waals surface area contributed by atoms with Crippen LogP contribution in [-0.2, 0) is 9.53 Å². The van der Waals surface area contributed by atoms with Crippen LogP contribution < -0.4 is 0 Å². The molecule has 0 aliphatic rings. The second-order valence-electron chi connectivity index (χ2n) is 6.48. The van der Waals surface area contributed by atoms with Gasteiger partial charge in [0.15, 0.2) is 0 Å². The summed E-state index contributed by atoms with van der Waals surface area (Å²) >= 11 is 0. The van der Waals surface area contributed by atoms with E-state index < -0.39 is 0 Å². The van der Waals surface area contributed by atoms with Crippen LogP contribution >= 0.6 is 0 Å². The number of likely N-dealkylation sites (N-methyl/N-ethyl adjacent to an activating group) is 1. The zero-order valence-corrected chi connectivity index (χ0v) is 15.3. The molecule has 0 saturated carbocycles. The molecule has 1 atom stereocenters. The van der Waals surface area contributed by atoms with E-state index in [-0.39, 0.29) is 12.1 Å². The Morgan fingerprint density at radius 3 is 2.23 bits per heavy atom. The lowest BCUT2D eigenvalue weighted by atomic mass is 10.1. The molecule has 0 fully saturated rings. The molecule has 0 N–H and O–H groups in total. The van der Waals surface area contributed by atoms with Crippen molar-refractivity contribution >= 4 is 5.97 Å². The molecule has 22 heavy (non-hydrogen) atoms. The molecule has 3 nitrogen and oxygen atoms in total. The smallest absolute Gasteiger partial charge is 0.306 e. The maximum absolute atomic E-state index is 11.6. The molecule has 0 aromatic heterocycles. The van der Waals surface area contributed by atoms with Crippen molar-refractivity contribution in [3.63, 3.8) is 0 Å². The van der Waals surface area contributed by atoms with Crippen LogP contribution in [0.1, 0.15) is 78.1 Å². The molecule has 0 heterocycles. The van der Waals surface area contributed by atoms with Gasteiger partial charge in [-0.1, -0.05) is 51.2 Å². The molecular formula is C19H37NO2. The molecule has 0 bridgehead atoms. The number of ether oxygens (including phenoxy) is 1. The molecular weight excluding hydrogens is 274 g/mol. The van der Waals surface area contributed by atoms with Gasteiger partial charge in [0, 0.05) is 13.0 Å². The Balaban J connectivity index is 3.35. The first-order valence-electron chi connectivity index (χ1n) is 9.05. The summed E-state index contributed by atoms with van der Waals surface area (Å²) in [7, 11) is 3.98. The molecule has 0 aromatic rings. The summed E-state index contributed by atoms with van der Waals surface area (Å²) in [4.78, 5) is 13.7. The minimum absolute atomic E-state index is 0.0120. The molecule has 0 saturated heterocycles. The van der Waals surface area contributed by atoms with Crippen LogP contribution in [0.2, 0.25) is 0 Å². The first kappa shape index (κ1) is 21.2. The predicted molar refractivity (Wildman–Crippen MR) is 95.1 cm³/mol.